The summed E-state index contributed by atoms with van der Waals surface area (Å²) in [6, 6.07) is 12.3. The van der Waals surface area contributed by atoms with Crippen LogP contribution in [0.2, 0.25) is 0 Å². The molecule has 1 atom stereocenters. The van der Waals surface area contributed by atoms with E-state index in [4.69, 9.17) is 14.0 Å². The maximum absolute atomic E-state index is 12.6. The Balaban J connectivity index is 1.32. The van der Waals surface area contributed by atoms with Crippen LogP contribution >= 0.6 is 11.3 Å². The van der Waals surface area contributed by atoms with Gasteiger partial charge in [-0.05, 0) is 37.1 Å². The molecule has 2 amide bonds. The van der Waals surface area contributed by atoms with Crippen LogP contribution in [0.15, 0.2) is 53.2 Å². The monoisotopic (exact) mass is 478 g/mol. The van der Waals surface area contributed by atoms with E-state index in [0.29, 0.717) is 27.6 Å². The Morgan fingerprint density at radius 3 is 2.62 bits per heavy atom. The normalized spacial score (nSPS) is 14.0. The van der Waals surface area contributed by atoms with Crippen LogP contribution in [0.3, 0.4) is 0 Å². The molecule has 0 saturated carbocycles. The molecule has 0 spiro atoms. The Hall–Kier alpha value is -3.76. The van der Waals surface area contributed by atoms with E-state index in [1.54, 1.807) is 49.5 Å². The molecule has 10 heteroatoms. The number of amides is 2. The first-order valence-corrected chi connectivity index (χ1v) is 11.6. The highest BCUT2D eigenvalue weighted by Gasteiger charge is 2.24. The summed E-state index contributed by atoms with van der Waals surface area (Å²) >= 11 is 1.38. The van der Waals surface area contributed by atoms with Gasteiger partial charge in [0.15, 0.2) is 6.10 Å². The number of benzene rings is 1. The standard InChI is InChI=1S/C24H22N4O5S/c1-14-12-20(33-27-14)26-23(29)21(31-2)15-4-6-16(7-5-15)32-18-8-9-25-17-13-19(34-22(17)18)24(30)28-10-3-11-28/h4-9,12-13,21H,3,10-11H2,1-2H3,(H,26,29). The van der Waals surface area contributed by atoms with Gasteiger partial charge in [0.1, 0.15) is 11.5 Å². The largest absolute Gasteiger partial charge is 0.456 e. The highest BCUT2D eigenvalue weighted by molar-refractivity contribution is 7.21. The van der Waals surface area contributed by atoms with Crippen LogP contribution in [0.5, 0.6) is 11.5 Å². The van der Waals surface area contributed by atoms with Crippen LogP contribution in [0, 0.1) is 6.92 Å². The molecule has 1 aliphatic heterocycles. The van der Waals surface area contributed by atoms with Crippen LogP contribution in [0.1, 0.15) is 33.5 Å². The zero-order valence-electron chi connectivity index (χ0n) is 18.6. The van der Waals surface area contributed by atoms with Gasteiger partial charge in [-0.1, -0.05) is 17.3 Å². The van der Waals surface area contributed by atoms with E-state index in [0.717, 1.165) is 29.7 Å². The second-order valence-corrected chi connectivity index (χ2v) is 8.94. The zero-order valence-corrected chi connectivity index (χ0v) is 19.4. The van der Waals surface area contributed by atoms with Gasteiger partial charge >= 0.3 is 0 Å². The molecule has 0 radical (unpaired) electrons. The topological polar surface area (TPSA) is 107 Å². The van der Waals surface area contributed by atoms with Gasteiger partial charge in [0.25, 0.3) is 11.8 Å². The Morgan fingerprint density at radius 1 is 1.18 bits per heavy atom. The molecule has 5 rings (SSSR count). The molecule has 1 unspecified atom stereocenters. The summed E-state index contributed by atoms with van der Waals surface area (Å²) in [5.74, 6) is 1.12. The lowest BCUT2D eigenvalue weighted by molar-refractivity contribution is -0.126. The summed E-state index contributed by atoms with van der Waals surface area (Å²) in [7, 11) is 1.46. The number of aromatic nitrogens is 2. The second kappa shape index (κ2) is 9.24. The predicted octanol–water partition coefficient (Wildman–Crippen LogP) is 4.56. The molecule has 1 aromatic carbocycles. The number of carbonyl (C=O) groups is 2. The van der Waals surface area contributed by atoms with Gasteiger partial charge in [-0.3, -0.25) is 19.9 Å². The summed E-state index contributed by atoms with van der Waals surface area (Å²) in [5.41, 5.74) is 2.04. The fourth-order valence-corrected chi connectivity index (χ4v) is 4.65. The van der Waals surface area contributed by atoms with Gasteiger partial charge in [0.05, 0.1) is 20.8 Å². The lowest BCUT2D eigenvalue weighted by atomic mass is 10.1. The first kappa shape index (κ1) is 22.1. The lowest BCUT2D eigenvalue weighted by Gasteiger charge is -2.30. The Kier molecular flexibility index (Phi) is 5.99. The number of pyridine rings is 1. The maximum Gasteiger partial charge on any atom is 0.264 e. The average Bonchev–Trinajstić information content (AvgIpc) is 3.41. The number of carbonyl (C=O) groups excluding carboxylic acids is 2. The van der Waals surface area contributed by atoms with E-state index < -0.39 is 6.10 Å². The molecule has 4 heterocycles. The van der Waals surface area contributed by atoms with Gasteiger partial charge in [-0.15, -0.1) is 11.3 Å². The van der Waals surface area contributed by atoms with Crippen molar-refractivity contribution < 1.29 is 23.6 Å². The summed E-state index contributed by atoms with van der Waals surface area (Å²) in [6.45, 7) is 3.37. The van der Waals surface area contributed by atoms with E-state index in [1.807, 2.05) is 11.0 Å². The Bertz CT molecular complexity index is 1340. The minimum atomic E-state index is -0.834. The molecule has 34 heavy (non-hydrogen) atoms. The van der Waals surface area contributed by atoms with E-state index >= 15 is 0 Å². The van der Waals surface area contributed by atoms with E-state index in [-0.39, 0.29) is 17.7 Å². The van der Waals surface area contributed by atoms with Crippen molar-refractivity contribution in [1.29, 1.82) is 0 Å². The zero-order chi connectivity index (χ0) is 23.7. The van der Waals surface area contributed by atoms with Gasteiger partial charge in [-0.2, -0.15) is 0 Å². The highest BCUT2D eigenvalue weighted by Crippen LogP contribution is 2.36. The molecule has 9 nitrogen and oxygen atoms in total. The van der Waals surface area contributed by atoms with Crippen LogP contribution in [0.25, 0.3) is 10.2 Å². The van der Waals surface area contributed by atoms with Crippen molar-refractivity contribution >= 4 is 39.3 Å². The van der Waals surface area contributed by atoms with Crippen LogP contribution in [-0.2, 0) is 9.53 Å². The predicted molar refractivity (Wildman–Crippen MR) is 126 cm³/mol. The third-order valence-corrected chi connectivity index (χ3v) is 6.62. The van der Waals surface area contributed by atoms with Gasteiger partial charge in [-0.25, -0.2) is 0 Å². The smallest absolute Gasteiger partial charge is 0.264 e. The van der Waals surface area contributed by atoms with Crippen LogP contribution in [0.4, 0.5) is 5.88 Å². The molecule has 1 aliphatic rings. The molecule has 1 N–H and O–H groups in total. The van der Waals surface area contributed by atoms with E-state index in [1.165, 1.54) is 18.4 Å². The molecular formula is C24H22N4O5S. The summed E-state index contributed by atoms with van der Waals surface area (Å²) in [6.07, 6.45) is 1.87. The fourth-order valence-electron chi connectivity index (χ4n) is 3.62. The van der Waals surface area contributed by atoms with Crippen molar-refractivity contribution in [2.45, 2.75) is 19.4 Å². The lowest BCUT2D eigenvalue weighted by Crippen LogP contribution is -2.41. The highest BCUT2D eigenvalue weighted by atomic mass is 32.1. The molecule has 3 aromatic heterocycles. The number of ether oxygens (including phenoxy) is 2. The first-order valence-electron chi connectivity index (χ1n) is 10.7. The molecule has 4 aromatic rings. The van der Waals surface area contributed by atoms with Gasteiger partial charge in [0, 0.05) is 38.5 Å². The van der Waals surface area contributed by atoms with Crippen molar-refractivity contribution in [1.82, 2.24) is 15.0 Å². The molecule has 0 bridgehead atoms. The minimum Gasteiger partial charge on any atom is -0.456 e. The number of hydrogen-bond acceptors (Lipinski definition) is 8. The molecule has 1 fully saturated rings. The fraction of sp³-hybridized carbons (Fsp3) is 0.250. The van der Waals surface area contributed by atoms with Crippen molar-refractivity contribution in [3.05, 3.63) is 64.8 Å². The number of likely N-dealkylation sites (tertiary alicyclic amines) is 1. The SMILES string of the molecule is COC(C(=O)Nc1cc(C)no1)c1ccc(Oc2ccnc3cc(C(=O)N4CCC4)sc23)cc1. The summed E-state index contributed by atoms with van der Waals surface area (Å²) in [4.78, 5) is 32.1. The number of nitrogens with zero attached hydrogens (tertiary/aromatic N) is 3. The van der Waals surface area contributed by atoms with Crippen molar-refractivity contribution in [2.24, 2.45) is 0 Å². The third kappa shape index (κ3) is 4.37. The second-order valence-electron chi connectivity index (χ2n) is 7.89. The number of hydrogen-bond donors (Lipinski definition) is 1. The minimum absolute atomic E-state index is 0.0360. The molecule has 0 aliphatic carbocycles. The van der Waals surface area contributed by atoms with Gasteiger partial charge in [0.2, 0.25) is 5.88 Å². The number of methoxy groups -OCH3 is 1. The van der Waals surface area contributed by atoms with Crippen molar-refractivity contribution in [2.75, 3.05) is 25.5 Å². The number of thiophene rings is 1. The van der Waals surface area contributed by atoms with Crippen LogP contribution in [-0.4, -0.2) is 47.1 Å². The molecule has 1 saturated heterocycles. The average molecular weight is 479 g/mol. The number of rotatable bonds is 7. The van der Waals surface area contributed by atoms with E-state index in [9.17, 15) is 9.59 Å². The van der Waals surface area contributed by atoms with Gasteiger partial charge < -0.3 is 18.9 Å². The number of aryl methyl sites for hydroxylation is 1. The number of nitrogens with one attached hydrogen (secondary N) is 1. The maximum atomic E-state index is 12.6. The third-order valence-electron chi connectivity index (χ3n) is 5.49. The quantitative estimate of drug-likeness (QED) is 0.415. The van der Waals surface area contributed by atoms with Crippen LogP contribution < -0.4 is 10.1 Å². The number of anilines is 1. The number of fused-ring (bicyclic) bond motifs is 1. The van der Waals surface area contributed by atoms with E-state index in [2.05, 4.69) is 15.5 Å². The molecule has 174 valence electrons. The Labute approximate surface area is 199 Å². The van der Waals surface area contributed by atoms with Crippen molar-refractivity contribution in [3.63, 3.8) is 0 Å². The molecular weight excluding hydrogens is 456 g/mol. The summed E-state index contributed by atoms with van der Waals surface area (Å²) in [5, 5.41) is 6.41. The van der Waals surface area contributed by atoms with Crippen molar-refractivity contribution in [3.8, 4) is 11.5 Å². The Morgan fingerprint density at radius 2 is 1.97 bits per heavy atom. The summed E-state index contributed by atoms with van der Waals surface area (Å²) < 4.78 is 17.3. The first-order chi connectivity index (χ1) is 16.5.